The van der Waals surface area contributed by atoms with E-state index in [4.69, 9.17) is 14.2 Å². The molecule has 1 aromatic carbocycles. The van der Waals surface area contributed by atoms with Crippen LogP contribution in [-0.4, -0.2) is 75.5 Å². The van der Waals surface area contributed by atoms with Crippen molar-refractivity contribution in [2.45, 2.75) is 44.2 Å². The fourth-order valence-corrected chi connectivity index (χ4v) is 3.87. The van der Waals surface area contributed by atoms with Crippen LogP contribution in [0.2, 0.25) is 0 Å². The van der Waals surface area contributed by atoms with Crippen LogP contribution in [0.25, 0.3) is 11.0 Å². The van der Waals surface area contributed by atoms with Crippen molar-refractivity contribution in [2.24, 2.45) is 0 Å². The molecule has 0 fully saturated rings. The average molecular weight is 442 g/mol. The molecule has 9 heteroatoms. The van der Waals surface area contributed by atoms with Gasteiger partial charge in [0.25, 0.3) is 0 Å². The van der Waals surface area contributed by atoms with Crippen molar-refractivity contribution in [3.63, 3.8) is 0 Å². The first-order valence-corrected chi connectivity index (χ1v) is 10.9. The number of nitrogens with one attached hydrogen (secondary N) is 1. The van der Waals surface area contributed by atoms with Crippen molar-refractivity contribution in [3.05, 3.63) is 41.7 Å². The van der Waals surface area contributed by atoms with Crippen LogP contribution in [0, 0.1) is 6.92 Å². The number of imidazole rings is 1. The van der Waals surface area contributed by atoms with Crippen molar-refractivity contribution >= 4 is 51.8 Å². The van der Waals surface area contributed by atoms with Crippen molar-refractivity contribution in [3.8, 4) is 11.5 Å². The van der Waals surface area contributed by atoms with E-state index in [0.29, 0.717) is 24.1 Å². The number of pyridine rings is 1. The van der Waals surface area contributed by atoms with Crippen LogP contribution >= 0.6 is 0 Å². The van der Waals surface area contributed by atoms with Crippen molar-refractivity contribution < 1.29 is 18.8 Å². The maximum atomic E-state index is 12.9. The van der Waals surface area contributed by atoms with E-state index >= 15 is 0 Å². The van der Waals surface area contributed by atoms with E-state index in [1.165, 1.54) is 0 Å². The first kappa shape index (κ1) is 25.0. The standard InChI is InChI=1S/C21H27N3O4S.Na.H/c1-5-14(2)27-10-11-28-20-8-9-22-19(15(20)3)13-29(25)21-23-17-7-6-16(26-4)12-18(17)24-21;;/h6-9,12,14H,5,10-11,13H2,1-4H3,(H,23,24);;. The van der Waals surface area contributed by atoms with Gasteiger partial charge < -0.3 is 18.8 Å². The number of rotatable bonds is 10. The van der Waals surface area contributed by atoms with Gasteiger partial charge in [-0.3, -0.25) is 9.97 Å². The molecule has 2 heterocycles. The van der Waals surface area contributed by atoms with Gasteiger partial charge in [0.15, 0.2) is 5.75 Å². The summed E-state index contributed by atoms with van der Waals surface area (Å²) in [6.07, 6.45) is 2.87. The zero-order chi connectivity index (χ0) is 20.8. The first-order chi connectivity index (χ1) is 14.0. The second-order valence-electron chi connectivity index (χ2n) is 6.73. The monoisotopic (exact) mass is 441 g/mol. The van der Waals surface area contributed by atoms with Gasteiger partial charge in [0.2, 0.25) is 0 Å². The van der Waals surface area contributed by atoms with Crippen LogP contribution in [-0.2, 0) is 21.7 Å². The third-order valence-corrected chi connectivity index (χ3v) is 5.89. The number of methoxy groups -OCH3 is 1. The number of H-pyrrole nitrogens is 1. The summed E-state index contributed by atoms with van der Waals surface area (Å²) in [5.74, 6) is 1.69. The third-order valence-electron chi connectivity index (χ3n) is 4.73. The van der Waals surface area contributed by atoms with Gasteiger partial charge in [-0.05, 0) is 38.5 Å². The van der Waals surface area contributed by atoms with Gasteiger partial charge in [0.05, 0.1) is 36.5 Å². The Balaban J connectivity index is 0.00000320. The molecule has 0 bridgehead atoms. The number of aromatic nitrogens is 3. The summed E-state index contributed by atoms with van der Waals surface area (Å²) in [6, 6.07) is 7.33. The van der Waals surface area contributed by atoms with E-state index in [2.05, 4.69) is 21.9 Å². The Labute approximate surface area is 202 Å². The molecule has 3 rings (SSSR count). The average Bonchev–Trinajstić information content (AvgIpc) is 3.16. The molecule has 158 valence electrons. The normalized spacial score (nSPS) is 13.0. The van der Waals surface area contributed by atoms with E-state index in [-0.39, 0.29) is 41.4 Å². The van der Waals surface area contributed by atoms with Crippen LogP contribution < -0.4 is 9.47 Å². The molecule has 0 saturated heterocycles. The first-order valence-electron chi connectivity index (χ1n) is 9.62. The SMILES string of the molecule is CCC(C)OCCOc1ccnc(C[S+]([O-])c2nc3cc(OC)ccc3[nH]2)c1C.[NaH]. The fourth-order valence-electron chi connectivity index (χ4n) is 2.77. The summed E-state index contributed by atoms with van der Waals surface area (Å²) in [7, 11) is 1.60. The van der Waals surface area contributed by atoms with E-state index < -0.39 is 11.2 Å². The Morgan fingerprint density at radius 3 is 2.77 bits per heavy atom. The number of aromatic amines is 1. The predicted molar refractivity (Wildman–Crippen MR) is 120 cm³/mol. The molecule has 2 atom stereocenters. The Bertz CT molecular complexity index is 953. The number of ether oxygens (including phenoxy) is 3. The van der Waals surface area contributed by atoms with Gasteiger partial charge in [0.1, 0.15) is 18.1 Å². The van der Waals surface area contributed by atoms with E-state index in [0.717, 1.165) is 34.5 Å². The zero-order valence-electron chi connectivity index (χ0n) is 17.2. The molecule has 7 nitrogen and oxygen atoms in total. The molecule has 2 aromatic heterocycles. The maximum absolute atomic E-state index is 12.9. The van der Waals surface area contributed by atoms with Crippen molar-refractivity contribution in [1.82, 2.24) is 15.0 Å². The number of nitrogens with zero attached hydrogens (tertiary/aromatic N) is 2. The van der Waals surface area contributed by atoms with Crippen LogP contribution in [0.4, 0.5) is 0 Å². The molecule has 0 aliphatic rings. The Morgan fingerprint density at radius 1 is 1.23 bits per heavy atom. The summed E-state index contributed by atoms with van der Waals surface area (Å²) in [4.78, 5) is 11.9. The number of fused-ring (bicyclic) bond motifs is 1. The number of hydrogen-bond acceptors (Lipinski definition) is 6. The molecule has 3 aromatic rings. The van der Waals surface area contributed by atoms with Gasteiger partial charge >= 0.3 is 34.7 Å². The minimum absolute atomic E-state index is 0. The number of benzene rings is 1. The molecule has 0 saturated carbocycles. The summed E-state index contributed by atoms with van der Waals surface area (Å²) in [5.41, 5.74) is 3.14. The minimum atomic E-state index is -1.36. The molecule has 0 amide bonds. The predicted octanol–water partition coefficient (Wildman–Crippen LogP) is 3.13. The van der Waals surface area contributed by atoms with Gasteiger partial charge in [-0.15, -0.1) is 0 Å². The van der Waals surface area contributed by atoms with Crippen LogP contribution in [0.1, 0.15) is 31.5 Å². The molecule has 0 radical (unpaired) electrons. The molecule has 0 aliphatic heterocycles. The molecule has 1 N–H and O–H groups in total. The number of hydrogen-bond donors (Lipinski definition) is 1. The molecule has 0 spiro atoms. The Hall–Kier alpha value is -1.29. The van der Waals surface area contributed by atoms with Crippen molar-refractivity contribution in [2.75, 3.05) is 20.3 Å². The molecule has 0 aliphatic carbocycles. The summed E-state index contributed by atoms with van der Waals surface area (Å²) in [5, 5.41) is 0.419. The molecular formula is C21H28N3NaO4S. The quantitative estimate of drug-likeness (QED) is 0.295. The van der Waals surface area contributed by atoms with E-state index in [1.54, 1.807) is 13.3 Å². The Morgan fingerprint density at radius 2 is 2.03 bits per heavy atom. The topological polar surface area (TPSA) is 92.3 Å². The van der Waals surface area contributed by atoms with Gasteiger partial charge in [-0.25, -0.2) is 0 Å². The second-order valence-corrected chi connectivity index (χ2v) is 8.10. The van der Waals surface area contributed by atoms with Crippen LogP contribution in [0.5, 0.6) is 11.5 Å². The third kappa shape index (κ3) is 6.35. The van der Waals surface area contributed by atoms with Gasteiger partial charge in [-0.2, -0.15) is 4.98 Å². The van der Waals surface area contributed by atoms with Crippen molar-refractivity contribution in [1.29, 1.82) is 0 Å². The molecule has 30 heavy (non-hydrogen) atoms. The zero-order valence-corrected chi connectivity index (χ0v) is 18.0. The molecular weight excluding hydrogens is 413 g/mol. The Kier molecular flexibility index (Phi) is 9.93. The van der Waals surface area contributed by atoms with Crippen LogP contribution in [0.3, 0.4) is 0 Å². The van der Waals surface area contributed by atoms with Gasteiger partial charge in [0, 0.05) is 29.0 Å². The fraction of sp³-hybridized carbons (Fsp3) is 0.429. The summed E-state index contributed by atoms with van der Waals surface area (Å²) < 4.78 is 29.5. The van der Waals surface area contributed by atoms with Gasteiger partial charge in [-0.1, -0.05) is 6.92 Å². The van der Waals surface area contributed by atoms with E-state index in [9.17, 15) is 4.55 Å². The molecule has 2 unspecified atom stereocenters. The second kappa shape index (κ2) is 11.9. The summed E-state index contributed by atoms with van der Waals surface area (Å²) >= 11 is -1.36. The van der Waals surface area contributed by atoms with Crippen LogP contribution in [0.15, 0.2) is 35.6 Å². The van der Waals surface area contributed by atoms with E-state index in [1.807, 2.05) is 38.1 Å². The summed E-state index contributed by atoms with van der Waals surface area (Å²) in [6.45, 7) is 7.04.